The molecule has 2 saturated heterocycles. The third-order valence-electron chi connectivity index (χ3n) is 19.7. The number of Topliss-reactive ketones (excluding diaryl/α,β-unsaturated/α-hetero) is 8. The van der Waals surface area contributed by atoms with Crippen LogP contribution < -0.4 is 0 Å². The molecule has 12 N–H and O–H groups in total. The Kier molecular flexibility index (Phi) is 19.8. The fourth-order valence-corrected chi connectivity index (χ4v) is 14.3. The van der Waals surface area contributed by atoms with Crippen LogP contribution in [0.1, 0.15) is 166 Å². The van der Waals surface area contributed by atoms with Crippen molar-refractivity contribution < 1.29 is 98.9 Å². The van der Waals surface area contributed by atoms with Gasteiger partial charge in [0.2, 0.25) is 34.0 Å². The summed E-state index contributed by atoms with van der Waals surface area (Å²) < 4.78 is 11.6. The van der Waals surface area contributed by atoms with Crippen molar-refractivity contribution in [2.45, 2.75) is 203 Å². The Morgan fingerprint density at radius 3 is 1.02 bits per heavy atom. The van der Waals surface area contributed by atoms with Gasteiger partial charge in [-0.15, -0.1) is 0 Å². The molecule has 0 aliphatic carbocycles. The minimum absolute atomic E-state index is 0.375. The molecule has 12 atom stereocenters. The zero-order chi connectivity index (χ0) is 70.8. The van der Waals surface area contributed by atoms with Gasteiger partial charge in [-0.1, -0.05) is 101 Å². The first-order chi connectivity index (χ1) is 45.0. The molecule has 0 radical (unpaired) electrons. The van der Waals surface area contributed by atoms with E-state index in [0.29, 0.717) is 121 Å². The smallest absolute Gasteiger partial charge is 0.233 e. The van der Waals surface area contributed by atoms with Crippen molar-refractivity contribution in [3.8, 4) is 22.3 Å². The molecular weight excluding hydrogens is 1240 g/mol. The SMILES string of the molecule is CCCCCCc1c2nc(c(-c3ccc(C4(O)O[C@H](C(O)C(C)=O)[C@](O)(C(C)=O)[C@@](O)(C(C)=O)[C@@]4(O)C(C)=O)cc3)c3nc(c(CCCCCC)c4ccc([nH]4)c(-c4ccc(C5(O)O[C@H](C(O)C(C)=O)[C@](O)(C(C)=O)[C@@](O)(C(C)=O)[C@@]5(O)C(C)=O)cc4)c4ccc1[nH]4)C=C3)C=C2. The first-order valence-corrected chi connectivity index (χ1v) is 31.9. The van der Waals surface area contributed by atoms with E-state index in [1.54, 1.807) is 12.2 Å². The zero-order valence-electron chi connectivity index (χ0n) is 55.1. The molecule has 8 bridgehead atoms. The highest BCUT2D eigenvalue weighted by Gasteiger charge is 2.85. The van der Waals surface area contributed by atoms with Crippen LogP contribution in [0.5, 0.6) is 0 Å². The van der Waals surface area contributed by atoms with E-state index < -0.39 is 127 Å². The van der Waals surface area contributed by atoms with E-state index in [4.69, 9.17) is 19.4 Å². The molecule has 0 spiro atoms. The number of aliphatic hydroxyl groups excluding tert-OH is 2. The lowest BCUT2D eigenvalue weighted by molar-refractivity contribution is -0.419. The Balaban J connectivity index is 1.29. The van der Waals surface area contributed by atoms with Crippen molar-refractivity contribution >= 4 is 92.6 Å². The molecule has 2 aromatic carbocycles. The van der Waals surface area contributed by atoms with Gasteiger partial charge in [0.1, 0.15) is 24.4 Å². The highest BCUT2D eigenvalue weighted by Crippen LogP contribution is 2.57. The topological polar surface area (TPSA) is 415 Å². The largest absolute Gasteiger partial charge is 0.382 e. The molecule has 96 heavy (non-hydrogen) atoms. The molecule has 4 aliphatic heterocycles. The maximum atomic E-state index is 13.8. The Morgan fingerprint density at radius 2 is 0.719 bits per heavy atom. The lowest BCUT2D eigenvalue weighted by Crippen LogP contribution is -2.89. The maximum Gasteiger partial charge on any atom is 0.233 e. The van der Waals surface area contributed by atoms with E-state index in [1.165, 1.54) is 48.5 Å². The number of carbonyl (C=O) groups excluding carboxylic acids is 8. The van der Waals surface area contributed by atoms with Gasteiger partial charge in [0.25, 0.3) is 0 Å². The number of hydrogen-bond donors (Lipinski definition) is 12. The number of ketones is 8. The number of aryl methyl sites for hydroxylation is 2. The second-order valence-corrected chi connectivity index (χ2v) is 25.7. The number of nitrogens with one attached hydrogen (secondary N) is 2. The number of hydrogen-bond acceptors (Lipinski definition) is 22. The molecule has 9 rings (SSSR count). The highest BCUT2D eigenvalue weighted by molar-refractivity contribution is 6.08. The normalized spacial score (nSPS) is 28.4. The van der Waals surface area contributed by atoms with Gasteiger partial charge in [0.15, 0.2) is 57.5 Å². The molecular formula is C72H82N4O20. The summed E-state index contributed by atoms with van der Waals surface area (Å²) in [6.45, 7) is 9.87. The summed E-state index contributed by atoms with van der Waals surface area (Å²) in [4.78, 5) is 125. The summed E-state index contributed by atoms with van der Waals surface area (Å²) in [5.74, 6) is -18.7. The van der Waals surface area contributed by atoms with Crippen LogP contribution in [-0.4, -0.2) is 175 Å². The standard InChI is InChI=1S/C72H82N4O20/c1-11-13-15-17-19-49-51-29-33-55(73-51)59(45-21-25-47(26-22-45)71(93)69(91,43(9)83)67(89,41(7)81)65(87,39(5)79)63(95-71)61(85)37(3)77)57-35-31-53(75-57)50(20-18-16-14-12-2)54-32-36-58(76-54)60(56-34-30-52(49)74-56)46-23-27-48(28-24-46)72(94)70(92,44(10)84)68(90,42(8)82)66(88,40(6)80)64(96-72)62(86)38(4)78/h21-36,61-64,73,75,85-94H,11-20H2,1-10H3/t61?,62?,63-,64-,65-,66-,67+,68+,69+,70+,71?,72?/m1/s1. The summed E-state index contributed by atoms with van der Waals surface area (Å²) >= 11 is 0. The van der Waals surface area contributed by atoms with E-state index >= 15 is 0 Å². The number of fused-ring (bicyclic) bond motifs is 8. The molecule has 7 heterocycles. The average Bonchev–Trinajstić information content (AvgIpc) is 0.822. The van der Waals surface area contributed by atoms with Crippen LogP contribution in [-0.2, 0) is 72.2 Å². The number of benzene rings is 2. The van der Waals surface area contributed by atoms with Crippen molar-refractivity contribution in [3.63, 3.8) is 0 Å². The minimum Gasteiger partial charge on any atom is -0.382 e. The van der Waals surface area contributed by atoms with E-state index in [9.17, 15) is 89.4 Å². The van der Waals surface area contributed by atoms with Gasteiger partial charge in [-0.3, -0.25) is 38.4 Å². The lowest BCUT2D eigenvalue weighted by atomic mass is 9.56. The average molecular weight is 1320 g/mol. The number of rotatable bonds is 24. The molecule has 24 nitrogen and oxygen atoms in total. The number of aromatic amines is 2. The van der Waals surface area contributed by atoms with Crippen molar-refractivity contribution in [1.82, 2.24) is 19.9 Å². The maximum absolute atomic E-state index is 13.8. The fourth-order valence-electron chi connectivity index (χ4n) is 14.3. The van der Waals surface area contributed by atoms with Gasteiger partial charge >= 0.3 is 0 Å². The van der Waals surface area contributed by atoms with Crippen molar-refractivity contribution in [3.05, 3.63) is 118 Å². The molecule has 4 aliphatic rings. The van der Waals surface area contributed by atoms with Crippen LogP contribution in [0.3, 0.4) is 0 Å². The molecule has 3 aromatic heterocycles. The number of unbranched alkanes of at least 4 members (excludes halogenated alkanes) is 6. The van der Waals surface area contributed by atoms with E-state index in [1.807, 2.05) is 36.4 Å². The van der Waals surface area contributed by atoms with Crippen molar-refractivity contribution in [2.75, 3.05) is 0 Å². The number of aromatic nitrogens is 4. The van der Waals surface area contributed by atoms with Gasteiger partial charge in [0, 0.05) is 55.4 Å². The molecule has 0 saturated carbocycles. The van der Waals surface area contributed by atoms with Crippen molar-refractivity contribution in [1.29, 1.82) is 0 Å². The summed E-state index contributed by atoms with van der Waals surface area (Å²) in [6.07, 6.45) is 4.90. The Labute approximate surface area is 552 Å². The van der Waals surface area contributed by atoms with Crippen LogP contribution in [0, 0.1) is 0 Å². The number of ether oxygens (including phenoxy) is 2. The minimum atomic E-state index is -3.95. The summed E-state index contributed by atoms with van der Waals surface area (Å²) in [7, 11) is 0. The van der Waals surface area contributed by atoms with Crippen LogP contribution in [0.2, 0.25) is 0 Å². The predicted octanol–water partition coefficient (Wildman–Crippen LogP) is 5.14. The van der Waals surface area contributed by atoms with Gasteiger partial charge in [-0.05, 0) is 141 Å². The number of carbonyl (C=O) groups is 8. The van der Waals surface area contributed by atoms with Gasteiger partial charge in [-0.2, -0.15) is 0 Å². The zero-order valence-corrected chi connectivity index (χ0v) is 55.1. The van der Waals surface area contributed by atoms with E-state index in [0.717, 1.165) is 76.3 Å². The number of H-pyrrole nitrogens is 2. The highest BCUT2D eigenvalue weighted by atomic mass is 16.7. The first kappa shape index (κ1) is 72.2. The molecule has 2 fully saturated rings. The lowest BCUT2D eigenvalue weighted by Gasteiger charge is -2.61. The second kappa shape index (κ2) is 26.4. The van der Waals surface area contributed by atoms with Gasteiger partial charge in [-0.25, -0.2) is 9.97 Å². The van der Waals surface area contributed by atoms with Gasteiger partial charge in [0.05, 0.1) is 22.8 Å². The predicted molar refractivity (Wildman–Crippen MR) is 350 cm³/mol. The summed E-state index contributed by atoms with van der Waals surface area (Å²) in [5.41, 5.74) is -16.5. The summed E-state index contributed by atoms with van der Waals surface area (Å²) in [6, 6.07) is 18.1. The molecule has 24 heteroatoms. The third-order valence-corrected chi connectivity index (χ3v) is 19.7. The molecule has 4 unspecified atom stereocenters. The molecule has 0 amide bonds. The van der Waals surface area contributed by atoms with Crippen molar-refractivity contribution in [2.24, 2.45) is 0 Å². The van der Waals surface area contributed by atoms with Crippen LogP contribution in [0.25, 0.3) is 68.6 Å². The van der Waals surface area contributed by atoms with Crippen LogP contribution >= 0.6 is 0 Å². The summed E-state index contributed by atoms with van der Waals surface area (Å²) in [5, 5.41) is 122. The second-order valence-electron chi connectivity index (χ2n) is 25.7. The Bertz CT molecular complexity index is 4140. The Morgan fingerprint density at radius 1 is 0.406 bits per heavy atom. The van der Waals surface area contributed by atoms with E-state index in [2.05, 4.69) is 23.8 Å². The third kappa shape index (κ3) is 10.8. The van der Waals surface area contributed by atoms with Crippen LogP contribution in [0.4, 0.5) is 0 Å². The van der Waals surface area contributed by atoms with Crippen LogP contribution in [0.15, 0.2) is 72.8 Å². The number of nitrogens with zero attached hydrogens (tertiary/aromatic N) is 2. The molecule has 5 aromatic rings. The fraction of sp³-hybridized carbons (Fsp3) is 0.444. The number of aliphatic hydroxyl groups is 10. The monoisotopic (exact) mass is 1320 g/mol. The Hall–Kier alpha value is -8.08. The van der Waals surface area contributed by atoms with E-state index in [-0.39, 0.29) is 0 Å². The first-order valence-electron chi connectivity index (χ1n) is 31.9. The molecule has 510 valence electrons. The quantitative estimate of drug-likeness (QED) is 0.0348. The van der Waals surface area contributed by atoms with Gasteiger partial charge < -0.3 is 70.5 Å².